The van der Waals surface area contributed by atoms with Gasteiger partial charge in [0.1, 0.15) is 0 Å². The van der Waals surface area contributed by atoms with E-state index in [2.05, 4.69) is 10.4 Å². The second kappa shape index (κ2) is 8.26. The van der Waals surface area contributed by atoms with Gasteiger partial charge in [-0.25, -0.2) is 9.07 Å². The van der Waals surface area contributed by atoms with Crippen molar-refractivity contribution in [1.82, 2.24) is 15.1 Å². The Kier molecular flexibility index (Phi) is 5.77. The van der Waals surface area contributed by atoms with Gasteiger partial charge < -0.3 is 10.1 Å². The number of hydrogen-bond acceptors (Lipinski definition) is 4. The number of halogens is 1. The van der Waals surface area contributed by atoms with Crippen molar-refractivity contribution in [3.8, 4) is 11.4 Å². The Bertz CT molecular complexity index is 1060. The molecule has 0 aliphatic rings. The van der Waals surface area contributed by atoms with Gasteiger partial charge in [-0.05, 0) is 50.6 Å². The zero-order valence-electron chi connectivity index (χ0n) is 16.7. The van der Waals surface area contributed by atoms with Crippen molar-refractivity contribution in [1.29, 1.82) is 0 Å². The summed E-state index contributed by atoms with van der Waals surface area (Å²) >= 11 is 0. The molecule has 1 heterocycles. The average molecular weight is 395 g/mol. The number of ether oxygens (including phenoxy) is 1. The molecule has 0 radical (unpaired) electrons. The number of para-hydroxylation sites is 1. The summed E-state index contributed by atoms with van der Waals surface area (Å²) in [7, 11) is 1.38. The van der Waals surface area contributed by atoms with Crippen LogP contribution in [-0.2, 0) is 4.79 Å². The monoisotopic (exact) mass is 395 g/mol. The van der Waals surface area contributed by atoms with Gasteiger partial charge in [-0.15, -0.1) is 0 Å². The fourth-order valence-corrected chi connectivity index (χ4v) is 3.20. The van der Waals surface area contributed by atoms with Gasteiger partial charge in [0.05, 0.1) is 35.8 Å². The van der Waals surface area contributed by atoms with Crippen molar-refractivity contribution < 1.29 is 18.7 Å². The van der Waals surface area contributed by atoms with Gasteiger partial charge in [-0.1, -0.05) is 24.3 Å². The van der Waals surface area contributed by atoms with Crippen LogP contribution in [0.2, 0.25) is 0 Å². The third-order valence-corrected chi connectivity index (χ3v) is 4.75. The molecule has 0 spiro atoms. The van der Waals surface area contributed by atoms with Crippen molar-refractivity contribution in [3.63, 3.8) is 0 Å². The van der Waals surface area contributed by atoms with E-state index in [0.29, 0.717) is 17.0 Å². The lowest BCUT2D eigenvalue weighted by Gasteiger charge is -2.15. The molecule has 3 rings (SSSR count). The SMILES string of the molecule is COc1ccc(C(C)NC(=O)C(=O)c2c(C)nn(-c3ccccc3)c2C)cc1F. The molecule has 150 valence electrons. The van der Waals surface area contributed by atoms with E-state index in [1.807, 2.05) is 30.3 Å². The van der Waals surface area contributed by atoms with Gasteiger partial charge in [0.15, 0.2) is 11.6 Å². The van der Waals surface area contributed by atoms with Crippen LogP contribution in [0.25, 0.3) is 5.69 Å². The first-order valence-electron chi connectivity index (χ1n) is 9.13. The summed E-state index contributed by atoms with van der Waals surface area (Å²) in [5.41, 5.74) is 2.64. The minimum atomic E-state index is -0.771. The highest BCUT2D eigenvalue weighted by Gasteiger charge is 2.26. The highest BCUT2D eigenvalue weighted by atomic mass is 19.1. The number of Topliss-reactive ketones (excluding diaryl/α,β-unsaturated/α-hetero) is 1. The Hall–Kier alpha value is -3.48. The maximum absolute atomic E-state index is 13.9. The van der Waals surface area contributed by atoms with Crippen LogP contribution < -0.4 is 10.1 Å². The zero-order chi connectivity index (χ0) is 21.1. The molecule has 0 fully saturated rings. The molecule has 7 heteroatoms. The topological polar surface area (TPSA) is 73.2 Å². The van der Waals surface area contributed by atoms with E-state index in [-0.39, 0.29) is 11.3 Å². The number of carbonyl (C=O) groups is 2. The molecule has 0 saturated heterocycles. The Morgan fingerprint density at radius 2 is 1.83 bits per heavy atom. The molecule has 3 aromatic rings. The Morgan fingerprint density at radius 3 is 2.45 bits per heavy atom. The normalized spacial score (nSPS) is 11.8. The van der Waals surface area contributed by atoms with Gasteiger partial charge in [0, 0.05) is 0 Å². The molecule has 0 aliphatic heterocycles. The lowest BCUT2D eigenvalue weighted by Crippen LogP contribution is -2.33. The van der Waals surface area contributed by atoms with Crippen LogP contribution >= 0.6 is 0 Å². The van der Waals surface area contributed by atoms with E-state index in [4.69, 9.17) is 4.74 Å². The molecule has 1 N–H and O–H groups in total. The van der Waals surface area contributed by atoms with E-state index < -0.39 is 23.5 Å². The molecule has 1 amide bonds. The number of hydrogen-bond donors (Lipinski definition) is 1. The van der Waals surface area contributed by atoms with Crippen LogP contribution in [0.5, 0.6) is 5.75 Å². The molecule has 29 heavy (non-hydrogen) atoms. The number of benzene rings is 2. The maximum atomic E-state index is 13.9. The number of amides is 1. The van der Waals surface area contributed by atoms with Crippen LogP contribution in [0.3, 0.4) is 0 Å². The lowest BCUT2D eigenvalue weighted by molar-refractivity contribution is -0.117. The molecular formula is C22H22FN3O3. The van der Waals surface area contributed by atoms with Crippen molar-refractivity contribution in [2.45, 2.75) is 26.8 Å². The van der Waals surface area contributed by atoms with Gasteiger partial charge in [0.25, 0.3) is 11.7 Å². The smallest absolute Gasteiger partial charge is 0.293 e. The van der Waals surface area contributed by atoms with E-state index in [9.17, 15) is 14.0 Å². The quantitative estimate of drug-likeness (QED) is 0.510. The van der Waals surface area contributed by atoms with Crippen molar-refractivity contribution in [2.75, 3.05) is 7.11 Å². The predicted octanol–water partition coefficient (Wildman–Crippen LogP) is 3.70. The average Bonchev–Trinajstić information content (AvgIpc) is 3.01. The third-order valence-electron chi connectivity index (χ3n) is 4.75. The molecule has 1 aromatic heterocycles. The maximum Gasteiger partial charge on any atom is 0.293 e. The number of aromatic nitrogens is 2. The number of nitrogens with one attached hydrogen (secondary N) is 1. The van der Waals surface area contributed by atoms with Crippen molar-refractivity contribution in [3.05, 3.63) is 76.9 Å². The summed E-state index contributed by atoms with van der Waals surface area (Å²) in [6.45, 7) is 5.12. The number of nitrogens with zero attached hydrogens (tertiary/aromatic N) is 2. The molecule has 0 aliphatic carbocycles. The minimum Gasteiger partial charge on any atom is -0.494 e. The van der Waals surface area contributed by atoms with E-state index in [1.54, 1.807) is 31.5 Å². The molecule has 0 saturated carbocycles. The Labute approximate surface area is 168 Å². The summed E-state index contributed by atoms with van der Waals surface area (Å²) in [4.78, 5) is 25.4. The standard InChI is InChI=1S/C22H22FN3O3/c1-13(16-10-11-19(29-4)18(23)12-16)24-22(28)21(27)20-14(2)25-26(15(20)3)17-8-6-5-7-9-17/h5-13H,1-4H3,(H,24,28). The highest BCUT2D eigenvalue weighted by molar-refractivity contribution is 6.43. The first kappa shape index (κ1) is 20.3. The lowest BCUT2D eigenvalue weighted by atomic mass is 10.1. The largest absolute Gasteiger partial charge is 0.494 e. The summed E-state index contributed by atoms with van der Waals surface area (Å²) in [6, 6.07) is 13.2. The summed E-state index contributed by atoms with van der Waals surface area (Å²) in [6.07, 6.45) is 0. The summed E-state index contributed by atoms with van der Waals surface area (Å²) in [5.74, 6) is -1.87. The number of aryl methyl sites for hydroxylation is 1. The molecule has 1 atom stereocenters. The first-order valence-corrected chi connectivity index (χ1v) is 9.13. The summed E-state index contributed by atoms with van der Waals surface area (Å²) < 4.78 is 20.5. The van der Waals surface area contributed by atoms with Gasteiger partial charge in [0.2, 0.25) is 0 Å². The zero-order valence-corrected chi connectivity index (χ0v) is 16.7. The van der Waals surface area contributed by atoms with Crippen LogP contribution in [0.15, 0.2) is 48.5 Å². The molecule has 0 bridgehead atoms. The van der Waals surface area contributed by atoms with Crippen molar-refractivity contribution in [2.24, 2.45) is 0 Å². The Balaban J connectivity index is 1.81. The third kappa shape index (κ3) is 4.03. The molecule has 6 nitrogen and oxygen atoms in total. The molecule has 2 aromatic carbocycles. The van der Waals surface area contributed by atoms with Crippen LogP contribution in [0, 0.1) is 19.7 Å². The Morgan fingerprint density at radius 1 is 1.14 bits per heavy atom. The van der Waals surface area contributed by atoms with E-state index in [1.165, 1.54) is 19.2 Å². The number of methoxy groups -OCH3 is 1. The van der Waals surface area contributed by atoms with Crippen molar-refractivity contribution >= 4 is 11.7 Å². The van der Waals surface area contributed by atoms with Gasteiger partial charge in [-0.2, -0.15) is 5.10 Å². The fourth-order valence-electron chi connectivity index (χ4n) is 3.20. The van der Waals surface area contributed by atoms with Gasteiger partial charge >= 0.3 is 0 Å². The number of carbonyl (C=O) groups excluding carboxylic acids is 2. The van der Waals surface area contributed by atoms with Crippen LogP contribution in [-0.4, -0.2) is 28.6 Å². The highest BCUT2D eigenvalue weighted by Crippen LogP contribution is 2.22. The predicted molar refractivity (Wildman–Crippen MR) is 107 cm³/mol. The second-order valence-electron chi connectivity index (χ2n) is 6.71. The summed E-state index contributed by atoms with van der Waals surface area (Å²) in [5, 5.41) is 7.03. The fraction of sp³-hybridized carbons (Fsp3) is 0.227. The second-order valence-corrected chi connectivity index (χ2v) is 6.71. The number of ketones is 1. The van der Waals surface area contributed by atoms with E-state index >= 15 is 0 Å². The van der Waals surface area contributed by atoms with Gasteiger partial charge in [-0.3, -0.25) is 9.59 Å². The molecule has 1 unspecified atom stereocenters. The first-order chi connectivity index (χ1) is 13.8. The molecular weight excluding hydrogens is 373 g/mol. The number of rotatable bonds is 6. The van der Waals surface area contributed by atoms with Crippen LogP contribution in [0.4, 0.5) is 4.39 Å². The van der Waals surface area contributed by atoms with Crippen LogP contribution in [0.1, 0.15) is 40.3 Å². The van der Waals surface area contributed by atoms with E-state index in [0.717, 1.165) is 5.69 Å². The minimum absolute atomic E-state index is 0.114.